The van der Waals surface area contributed by atoms with E-state index in [2.05, 4.69) is 10.5 Å². The van der Waals surface area contributed by atoms with Crippen LogP contribution < -0.4 is 14.9 Å². The summed E-state index contributed by atoms with van der Waals surface area (Å²) in [5.74, 6) is 0.794. The van der Waals surface area contributed by atoms with Crippen molar-refractivity contribution in [3.63, 3.8) is 0 Å². The van der Waals surface area contributed by atoms with Gasteiger partial charge in [-0.15, -0.1) is 0 Å². The number of amides is 1. The summed E-state index contributed by atoms with van der Waals surface area (Å²) in [6.07, 6.45) is 1.51. The van der Waals surface area contributed by atoms with Crippen LogP contribution in [0.2, 0.25) is 5.02 Å². The fourth-order valence-corrected chi connectivity index (χ4v) is 3.93. The Bertz CT molecular complexity index is 1540. The molecule has 0 radical (unpaired) electrons. The minimum absolute atomic E-state index is 0.179. The van der Waals surface area contributed by atoms with Crippen molar-refractivity contribution in [2.75, 3.05) is 7.11 Å². The van der Waals surface area contributed by atoms with Gasteiger partial charge < -0.3 is 13.9 Å². The van der Waals surface area contributed by atoms with Gasteiger partial charge in [0.1, 0.15) is 12.2 Å². The van der Waals surface area contributed by atoms with Crippen molar-refractivity contribution < 1.29 is 18.7 Å². The molecule has 1 amide bonds. The number of rotatable bonds is 7. The SMILES string of the molecule is COc1cccc(C=NNC(=O)c2cc3c(ccc4ccccc43)o2)c1OCc1ccc(Cl)cc1. The highest BCUT2D eigenvalue weighted by Gasteiger charge is 2.14. The van der Waals surface area contributed by atoms with E-state index in [4.69, 9.17) is 25.5 Å². The van der Waals surface area contributed by atoms with Crippen molar-refractivity contribution in [3.05, 3.63) is 107 Å². The number of fused-ring (bicyclic) bond motifs is 3. The van der Waals surface area contributed by atoms with Gasteiger partial charge in [0.2, 0.25) is 0 Å². The van der Waals surface area contributed by atoms with E-state index in [1.54, 1.807) is 31.4 Å². The number of methoxy groups -OCH3 is 1. The molecule has 0 fully saturated rings. The molecule has 0 bridgehead atoms. The first-order valence-corrected chi connectivity index (χ1v) is 11.3. The van der Waals surface area contributed by atoms with Crippen LogP contribution in [0.25, 0.3) is 21.7 Å². The second-order valence-electron chi connectivity index (χ2n) is 7.80. The molecule has 0 aliphatic rings. The van der Waals surface area contributed by atoms with Gasteiger partial charge in [-0.2, -0.15) is 5.10 Å². The molecule has 5 aromatic rings. The number of furan rings is 1. The summed E-state index contributed by atoms with van der Waals surface area (Å²) in [6, 6.07) is 26.3. The number of benzene rings is 4. The Morgan fingerprint density at radius 1 is 1.00 bits per heavy atom. The van der Waals surface area contributed by atoms with E-state index in [9.17, 15) is 4.79 Å². The van der Waals surface area contributed by atoms with Crippen molar-refractivity contribution >= 4 is 45.5 Å². The minimum Gasteiger partial charge on any atom is -0.493 e. The Morgan fingerprint density at radius 2 is 1.83 bits per heavy atom. The topological polar surface area (TPSA) is 73.1 Å². The molecule has 6 nitrogen and oxygen atoms in total. The monoisotopic (exact) mass is 484 g/mol. The summed E-state index contributed by atoms with van der Waals surface area (Å²) >= 11 is 5.96. The molecule has 1 aromatic heterocycles. The van der Waals surface area contributed by atoms with E-state index in [0.29, 0.717) is 34.3 Å². The van der Waals surface area contributed by atoms with Gasteiger partial charge in [-0.1, -0.05) is 60.1 Å². The van der Waals surface area contributed by atoms with Crippen molar-refractivity contribution in [2.24, 2.45) is 5.10 Å². The molecular weight excluding hydrogens is 464 g/mol. The van der Waals surface area contributed by atoms with E-state index in [0.717, 1.165) is 21.7 Å². The predicted octanol–water partition coefficient (Wildman–Crippen LogP) is 6.59. The smallest absolute Gasteiger partial charge is 0.307 e. The van der Waals surface area contributed by atoms with Gasteiger partial charge in [-0.05, 0) is 52.7 Å². The summed E-state index contributed by atoms with van der Waals surface area (Å²) in [6.45, 7) is 0.317. The fraction of sp³-hybridized carbons (Fsp3) is 0.0714. The van der Waals surface area contributed by atoms with Gasteiger partial charge in [0.05, 0.1) is 13.3 Å². The van der Waals surface area contributed by atoms with E-state index in [1.165, 1.54) is 6.21 Å². The first-order valence-electron chi connectivity index (χ1n) is 10.9. The van der Waals surface area contributed by atoms with Crippen LogP contribution >= 0.6 is 11.6 Å². The molecule has 0 atom stereocenters. The molecule has 0 saturated carbocycles. The Morgan fingerprint density at radius 3 is 2.66 bits per heavy atom. The lowest BCUT2D eigenvalue weighted by Gasteiger charge is -2.13. The van der Waals surface area contributed by atoms with Gasteiger partial charge in [-0.3, -0.25) is 4.79 Å². The molecule has 0 spiro atoms. The molecule has 35 heavy (non-hydrogen) atoms. The Hall–Kier alpha value is -4.29. The highest BCUT2D eigenvalue weighted by Crippen LogP contribution is 2.31. The Balaban J connectivity index is 1.33. The number of carbonyl (C=O) groups excluding carboxylic acids is 1. The second kappa shape index (κ2) is 9.91. The highest BCUT2D eigenvalue weighted by atomic mass is 35.5. The van der Waals surface area contributed by atoms with Crippen LogP contribution in [0.1, 0.15) is 21.7 Å². The molecule has 5 rings (SSSR count). The number of para-hydroxylation sites is 1. The predicted molar refractivity (Wildman–Crippen MR) is 138 cm³/mol. The normalized spacial score (nSPS) is 11.3. The summed E-state index contributed by atoms with van der Waals surface area (Å²) in [5.41, 5.74) is 4.77. The van der Waals surface area contributed by atoms with Crippen LogP contribution in [-0.2, 0) is 6.61 Å². The molecule has 0 unspecified atom stereocenters. The molecule has 0 saturated heterocycles. The lowest BCUT2D eigenvalue weighted by Crippen LogP contribution is -2.16. The minimum atomic E-state index is -0.451. The van der Waals surface area contributed by atoms with Crippen LogP contribution in [-0.4, -0.2) is 19.2 Å². The Kier molecular flexibility index (Phi) is 6.37. The van der Waals surface area contributed by atoms with Crippen molar-refractivity contribution in [3.8, 4) is 11.5 Å². The van der Waals surface area contributed by atoms with Gasteiger partial charge in [0, 0.05) is 16.0 Å². The molecule has 4 aromatic carbocycles. The fourth-order valence-electron chi connectivity index (χ4n) is 3.81. The van der Waals surface area contributed by atoms with Crippen LogP contribution in [0, 0.1) is 0 Å². The van der Waals surface area contributed by atoms with Crippen LogP contribution in [0.4, 0.5) is 0 Å². The largest absolute Gasteiger partial charge is 0.493 e. The standard InChI is InChI=1S/C28H21ClN2O4/c1-33-25-8-4-6-20(27(25)34-17-18-9-12-21(29)13-10-18)16-30-31-28(32)26-15-23-22-7-3-2-5-19(22)11-14-24(23)35-26/h2-16H,17H2,1H3,(H,31,32). The quantitative estimate of drug-likeness (QED) is 0.209. The van der Waals surface area contributed by atoms with E-state index < -0.39 is 5.91 Å². The molecular formula is C28H21ClN2O4. The number of hydrogen-bond acceptors (Lipinski definition) is 5. The average molecular weight is 485 g/mol. The van der Waals surface area contributed by atoms with E-state index in [-0.39, 0.29) is 5.76 Å². The third kappa shape index (κ3) is 4.83. The van der Waals surface area contributed by atoms with Crippen LogP contribution in [0.15, 0.2) is 94.4 Å². The molecule has 0 aliphatic carbocycles. The molecule has 1 N–H and O–H groups in total. The molecule has 0 aliphatic heterocycles. The lowest BCUT2D eigenvalue weighted by atomic mass is 10.1. The summed E-state index contributed by atoms with van der Waals surface area (Å²) in [7, 11) is 1.57. The van der Waals surface area contributed by atoms with Crippen molar-refractivity contribution in [2.45, 2.75) is 6.61 Å². The zero-order chi connectivity index (χ0) is 24.2. The average Bonchev–Trinajstić information content (AvgIpc) is 3.34. The number of halogens is 1. The number of ether oxygens (including phenoxy) is 2. The van der Waals surface area contributed by atoms with Crippen LogP contribution in [0.5, 0.6) is 11.5 Å². The van der Waals surface area contributed by atoms with Crippen molar-refractivity contribution in [1.82, 2.24) is 5.43 Å². The summed E-state index contributed by atoms with van der Waals surface area (Å²) in [4.78, 5) is 12.7. The van der Waals surface area contributed by atoms with E-state index >= 15 is 0 Å². The first kappa shape index (κ1) is 22.5. The maximum atomic E-state index is 12.7. The summed E-state index contributed by atoms with van der Waals surface area (Å²) < 4.78 is 17.2. The van der Waals surface area contributed by atoms with Gasteiger partial charge in [-0.25, -0.2) is 5.43 Å². The third-order valence-electron chi connectivity index (χ3n) is 5.55. The zero-order valence-electron chi connectivity index (χ0n) is 18.8. The zero-order valence-corrected chi connectivity index (χ0v) is 19.6. The first-order chi connectivity index (χ1) is 17.1. The maximum Gasteiger partial charge on any atom is 0.307 e. The second-order valence-corrected chi connectivity index (χ2v) is 8.24. The maximum absolute atomic E-state index is 12.7. The van der Waals surface area contributed by atoms with Crippen LogP contribution in [0.3, 0.4) is 0 Å². The van der Waals surface area contributed by atoms with Gasteiger partial charge in [0.15, 0.2) is 17.3 Å². The van der Waals surface area contributed by atoms with E-state index in [1.807, 2.05) is 60.7 Å². The van der Waals surface area contributed by atoms with Crippen molar-refractivity contribution in [1.29, 1.82) is 0 Å². The highest BCUT2D eigenvalue weighted by molar-refractivity contribution is 6.30. The number of carbonyl (C=O) groups is 1. The number of nitrogens with zero attached hydrogens (tertiary/aromatic N) is 1. The lowest BCUT2D eigenvalue weighted by molar-refractivity contribution is 0.0929. The number of hydrazone groups is 1. The third-order valence-corrected chi connectivity index (χ3v) is 5.80. The molecule has 1 heterocycles. The van der Waals surface area contributed by atoms with Gasteiger partial charge in [0.25, 0.3) is 0 Å². The number of hydrogen-bond donors (Lipinski definition) is 1. The molecule has 7 heteroatoms. The van der Waals surface area contributed by atoms with Gasteiger partial charge >= 0.3 is 5.91 Å². The summed E-state index contributed by atoms with van der Waals surface area (Å²) in [5, 5.41) is 7.75. The Labute approximate surface area is 206 Å². The number of nitrogens with one attached hydrogen (secondary N) is 1. The molecule has 174 valence electrons.